The van der Waals surface area contributed by atoms with Crippen molar-refractivity contribution in [3.8, 4) is 11.5 Å². The minimum atomic E-state index is -0.657. The van der Waals surface area contributed by atoms with Crippen LogP contribution in [0.15, 0.2) is 53.7 Å². The van der Waals surface area contributed by atoms with Crippen LogP contribution in [0.25, 0.3) is 0 Å². The molecule has 2 amide bonds. The summed E-state index contributed by atoms with van der Waals surface area (Å²) in [4.78, 5) is 24.7. The van der Waals surface area contributed by atoms with Gasteiger partial charge in [0.05, 0.1) is 18.9 Å². The van der Waals surface area contributed by atoms with E-state index >= 15 is 0 Å². The summed E-state index contributed by atoms with van der Waals surface area (Å²) in [5, 5.41) is 14.5. The molecule has 1 aromatic heterocycles. The first kappa shape index (κ1) is 26.1. The van der Waals surface area contributed by atoms with Gasteiger partial charge in [0, 0.05) is 12.7 Å². The summed E-state index contributed by atoms with van der Waals surface area (Å²) in [6, 6.07) is 14.9. The Hall–Kier alpha value is -3.53. The topological polar surface area (TPSA) is 107 Å². The lowest BCUT2D eigenvalue weighted by atomic mass is 10.2. The minimum Gasteiger partial charge on any atom is -0.494 e. The van der Waals surface area contributed by atoms with Crippen LogP contribution in [-0.4, -0.2) is 45.0 Å². The number of nitrogens with one attached hydrogen (secondary N) is 2. The SMILES string of the molecule is CCOc1ccc(NC(=O)CSc2nnc(CNC(=O)[C@H](C)Oc3ccc(CC)cc3)n2C)cc1. The number of ether oxygens (including phenoxy) is 2. The van der Waals surface area contributed by atoms with Crippen LogP contribution in [0, 0.1) is 0 Å². The van der Waals surface area contributed by atoms with E-state index in [-0.39, 0.29) is 24.1 Å². The van der Waals surface area contributed by atoms with E-state index < -0.39 is 6.10 Å². The fraction of sp³-hybridized carbons (Fsp3) is 0.360. The number of anilines is 1. The molecular weight excluding hydrogens is 466 g/mol. The largest absolute Gasteiger partial charge is 0.494 e. The average Bonchev–Trinajstić information content (AvgIpc) is 3.22. The molecule has 0 saturated carbocycles. The van der Waals surface area contributed by atoms with E-state index in [0.29, 0.717) is 29.0 Å². The summed E-state index contributed by atoms with van der Waals surface area (Å²) < 4.78 is 12.9. The second-order valence-corrected chi connectivity index (χ2v) is 8.67. The van der Waals surface area contributed by atoms with E-state index in [2.05, 4.69) is 27.8 Å². The first-order valence-corrected chi connectivity index (χ1v) is 12.4. The Balaban J connectivity index is 1.44. The number of hydrogen-bond donors (Lipinski definition) is 2. The molecule has 0 fully saturated rings. The molecule has 0 aliphatic heterocycles. The molecule has 9 nitrogen and oxygen atoms in total. The number of benzene rings is 2. The highest BCUT2D eigenvalue weighted by Gasteiger charge is 2.17. The first-order chi connectivity index (χ1) is 16.9. The number of carbonyl (C=O) groups is 2. The molecule has 0 unspecified atom stereocenters. The van der Waals surface area contributed by atoms with Crippen molar-refractivity contribution in [2.24, 2.45) is 7.05 Å². The summed E-state index contributed by atoms with van der Waals surface area (Å²) in [7, 11) is 1.80. The van der Waals surface area contributed by atoms with Gasteiger partial charge in [-0.2, -0.15) is 0 Å². The highest BCUT2D eigenvalue weighted by molar-refractivity contribution is 7.99. The Kier molecular flexibility index (Phi) is 9.54. The van der Waals surface area contributed by atoms with Gasteiger partial charge in [-0.15, -0.1) is 10.2 Å². The second-order valence-electron chi connectivity index (χ2n) is 7.73. The molecule has 0 aliphatic rings. The van der Waals surface area contributed by atoms with Crippen molar-refractivity contribution in [1.29, 1.82) is 0 Å². The number of aryl methyl sites for hydroxylation is 1. The predicted octanol–water partition coefficient (Wildman–Crippen LogP) is 3.59. The molecule has 0 bridgehead atoms. The van der Waals surface area contributed by atoms with Crippen LogP contribution < -0.4 is 20.1 Å². The van der Waals surface area contributed by atoms with Crippen molar-refractivity contribution < 1.29 is 19.1 Å². The number of aromatic nitrogens is 3. The molecule has 0 spiro atoms. The molecule has 0 saturated heterocycles. The van der Waals surface area contributed by atoms with Crippen LogP contribution in [-0.2, 0) is 29.6 Å². The fourth-order valence-electron chi connectivity index (χ4n) is 3.12. The molecule has 10 heteroatoms. The fourth-order valence-corrected chi connectivity index (χ4v) is 3.85. The van der Waals surface area contributed by atoms with Gasteiger partial charge >= 0.3 is 0 Å². The van der Waals surface area contributed by atoms with Crippen molar-refractivity contribution >= 4 is 29.3 Å². The zero-order chi connectivity index (χ0) is 25.2. The highest BCUT2D eigenvalue weighted by Crippen LogP contribution is 2.19. The Morgan fingerprint density at radius 2 is 1.71 bits per heavy atom. The van der Waals surface area contributed by atoms with Gasteiger partial charge in [0.1, 0.15) is 11.5 Å². The molecule has 1 atom stereocenters. The maximum absolute atomic E-state index is 12.4. The summed E-state index contributed by atoms with van der Waals surface area (Å²) in [5.41, 5.74) is 1.90. The second kappa shape index (κ2) is 12.8. The predicted molar refractivity (Wildman–Crippen MR) is 136 cm³/mol. The van der Waals surface area contributed by atoms with Gasteiger partial charge in [0.15, 0.2) is 17.1 Å². The van der Waals surface area contributed by atoms with Gasteiger partial charge in [-0.1, -0.05) is 30.8 Å². The monoisotopic (exact) mass is 497 g/mol. The van der Waals surface area contributed by atoms with Crippen LogP contribution >= 0.6 is 11.8 Å². The molecule has 0 radical (unpaired) electrons. The van der Waals surface area contributed by atoms with Crippen LogP contribution in [0.4, 0.5) is 5.69 Å². The normalized spacial score (nSPS) is 11.5. The lowest BCUT2D eigenvalue weighted by Gasteiger charge is -2.15. The van der Waals surface area contributed by atoms with Crippen molar-refractivity contribution in [3.05, 3.63) is 59.9 Å². The summed E-state index contributed by atoms with van der Waals surface area (Å²) in [6.45, 7) is 6.49. The van der Waals surface area contributed by atoms with Gasteiger partial charge in [0.25, 0.3) is 5.91 Å². The lowest BCUT2D eigenvalue weighted by Crippen LogP contribution is -2.36. The Bertz CT molecular complexity index is 1120. The smallest absolute Gasteiger partial charge is 0.261 e. The van der Waals surface area contributed by atoms with Gasteiger partial charge in [-0.05, 0) is 62.2 Å². The zero-order valence-electron chi connectivity index (χ0n) is 20.4. The van der Waals surface area contributed by atoms with E-state index in [4.69, 9.17) is 9.47 Å². The molecule has 3 rings (SSSR count). The number of thioether (sulfide) groups is 1. The Labute approximate surface area is 209 Å². The third-order valence-electron chi connectivity index (χ3n) is 5.14. The van der Waals surface area contributed by atoms with Crippen LogP contribution in [0.3, 0.4) is 0 Å². The molecule has 186 valence electrons. The lowest BCUT2D eigenvalue weighted by molar-refractivity contribution is -0.127. The Morgan fingerprint density at radius 1 is 1.03 bits per heavy atom. The highest BCUT2D eigenvalue weighted by atomic mass is 32.2. The molecular formula is C25H31N5O4S. The first-order valence-electron chi connectivity index (χ1n) is 11.5. The maximum atomic E-state index is 12.4. The molecule has 2 aromatic carbocycles. The third kappa shape index (κ3) is 7.74. The third-order valence-corrected chi connectivity index (χ3v) is 6.16. The zero-order valence-corrected chi connectivity index (χ0v) is 21.2. The van der Waals surface area contributed by atoms with E-state index in [9.17, 15) is 9.59 Å². The van der Waals surface area contributed by atoms with Crippen molar-refractivity contribution in [1.82, 2.24) is 20.1 Å². The summed E-state index contributed by atoms with van der Waals surface area (Å²) in [6.07, 6.45) is 0.290. The molecule has 0 aliphatic carbocycles. The van der Waals surface area contributed by atoms with Crippen LogP contribution in [0.2, 0.25) is 0 Å². The van der Waals surface area contributed by atoms with E-state index in [1.54, 1.807) is 30.7 Å². The maximum Gasteiger partial charge on any atom is 0.261 e. The van der Waals surface area contributed by atoms with Gasteiger partial charge in [-0.25, -0.2) is 0 Å². The molecule has 1 heterocycles. The van der Waals surface area contributed by atoms with Gasteiger partial charge in [-0.3, -0.25) is 9.59 Å². The number of amides is 2. The van der Waals surface area contributed by atoms with Crippen LogP contribution in [0.1, 0.15) is 32.2 Å². The standard InChI is InChI=1S/C25H31N5O4S/c1-5-18-7-11-21(12-8-18)34-17(3)24(32)26-15-22-28-29-25(30(22)4)35-16-23(31)27-19-9-13-20(14-10-19)33-6-2/h7-14,17H,5-6,15-16H2,1-4H3,(H,26,32)(H,27,31)/t17-/m0/s1. The number of rotatable bonds is 12. The number of hydrogen-bond acceptors (Lipinski definition) is 7. The number of carbonyl (C=O) groups excluding carboxylic acids is 2. The van der Waals surface area contributed by atoms with E-state index in [1.807, 2.05) is 43.3 Å². The summed E-state index contributed by atoms with van der Waals surface area (Å²) >= 11 is 1.27. The van der Waals surface area contributed by atoms with Crippen molar-refractivity contribution in [2.75, 3.05) is 17.7 Å². The summed E-state index contributed by atoms with van der Waals surface area (Å²) in [5.74, 6) is 1.74. The van der Waals surface area contributed by atoms with Crippen molar-refractivity contribution in [2.45, 2.75) is 45.0 Å². The average molecular weight is 498 g/mol. The molecule has 35 heavy (non-hydrogen) atoms. The van der Waals surface area contributed by atoms with E-state index in [0.717, 1.165) is 12.2 Å². The number of nitrogens with zero attached hydrogens (tertiary/aromatic N) is 3. The van der Waals surface area contributed by atoms with Crippen LogP contribution in [0.5, 0.6) is 11.5 Å². The van der Waals surface area contributed by atoms with E-state index in [1.165, 1.54) is 17.3 Å². The van der Waals surface area contributed by atoms with Crippen molar-refractivity contribution in [3.63, 3.8) is 0 Å². The van der Waals surface area contributed by atoms with Gasteiger partial charge < -0.3 is 24.7 Å². The minimum absolute atomic E-state index is 0.157. The van der Waals surface area contributed by atoms with Gasteiger partial charge in [0.2, 0.25) is 5.91 Å². The Morgan fingerprint density at radius 3 is 2.37 bits per heavy atom. The molecule has 2 N–H and O–H groups in total. The quantitative estimate of drug-likeness (QED) is 0.368. The molecule has 3 aromatic rings.